The molecule has 0 bridgehead atoms. The highest BCUT2D eigenvalue weighted by atomic mass is 32.2. The number of carbonyl (C=O) groups is 3. The van der Waals surface area contributed by atoms with Crippen LogP contribution in [0.5, 0.6) is 0 Å². The number of aliphatic carboxylic acids is 1. The number of aromatic nitrogens is 6. The number of carboxylic acid groups (broad SMARTS) is 1. The van der Waals surface area contributed by atoms with Crippen LogP contribution in [0.3, 0.4) is 0 Å². The van der Waals surface area contributed by atoms with E-state index in [1.165, 1.54) is 35.3 Å². The Hall–Kier alpha value is -3.77. The van der Waals surface area contributed by atoms with Crippen molar-refractivity contribution in [1.29, 1.82) is 0 Å². The molecule has 3 aromatic heterocycles. The van der Waals surface area contributed by atoms with E-state index in [1.54, 1.807) is 10.9 Å². The van der Waals surface area contributed by atoms with Crippen molar-refractivity contribution in [2.45, 2.75) is 23.0 Å². The van der Waals surface area contributed by atoms with Crippen LogP contribution in [-0.4, -0.2) is 83.1 Å². The summed E-state index contributed by atoms with van der Waals surface area (Å²) in [6, 6.07) is 2.67. The first-order valence-electron chi connectivity index (χ1n) is 10.5. The number of nitrogens with zero attached hydrogens (tertiary/aromatic N) is 8. The first-order valence-corrected chi connectivity index (χ1v) is 13.5. The van der Waals surface area contributed by atoms with Crippen molar-refractivity contribution >= 4 is 69.3 Å². The molecule has 15 nitrogen and oxygen atoms in total. The van der Waals surface area contributed by atoms with Crippen LogP contribution < -0.4 is 20.8 Å². The standard InChI is InChI=1S/C19H18N10O5S3/c1-34-25-11(14-23-19(20)37-26-14)15(30)22-12-16(31)28-13(18(32)33)8(6-36-17(12)28)5-27-7-21-29-10(27)4-3-9(24-29)35-2/h3-4,7,12,17H,5-6H2,1-2H3,(H3-,20,22,23,26,30,32,33)/b25-11-/t12?,17-/m1/s1. The topological polar surface area (TPSA) is 198 Å². The van der Waals surface area contributed by atoms with Crippen molar-refractivity contribution in [2.75, 3.05) is 24.9 Å². The van der Waals surface area contributed by atoms with Gasteiger partial charge in [-0.1, -0.05) is 5.16 Å². The molecule has 5 rings (SSSR count). The molecule has 1 saturated heterocycles. The maximum absolute atomic E-state index is 13.0. The van der Waals surface area contributed by atoms with E-state index in [1.807, 2.05) is 18.4 Å². The average Bonchev–Trinajstić information content (AvgIpc) is 3.50. The first kappa shape index (κ1) is 24.9. The fraction of sp³-hybridized carbons (Fsp3) is 0.316. The van der Waals surface area contributed by atoms with Gasteiger partial charge in [0.2, 0.25) is 17.9 Å². The molecule has 37 heavy (non-hydrogen) atoms. The second-order valence-corrected chi connectivity index (χ2v) is 10.4. The number of hydrogen-bond acceptors (Lipinski definition) is 14. The lowest BCUT2D eigenvalue weighted by atomic mass is 10.0. The Balaban J connectivity index is 1.37. The van der Waals surface area contributed by atoms with Gasteiger partial charge in [-0.2, -0.15) is 9.36 Å². The minimum absolute atomic E-state index is 0.0519. The van der Waals surface area contributed by atoms with Gasteiger partial charge >= 0.3 is 5.65 Å². The summed E-state index contributed by atoms with van der Waals surface area (Å²) < 4.78 is 7.13. The molecule has 3 aromatic rings. The van der Waals surface area contributed by atoms with Crippen LogP contribution in [0.2, 0.25) is 0 Å². The van der Waals surface area contributed by atoms with Crippen LogP contribution in [0, 0.1) is 0 Å². The van der Waals surface area contributed by atoms with Gasteiger partial charge in [0.15, 0.2) is 5.13 Å². The zero-order valence-corrected chi connectivity index (χ0v) is 21.7. The zero-order valence-electron chi connectivity index (χ0n) is 19.2. The van der Waals surface area contributed by atoms with E-state index < -0.39 is 29.2 Å². The minimum Gasteiger partial charge on any atom is -0.543 e. The Kier molecular flexibility index (Phi) is 6.69. The molecule has 0 radical (unpaired) electrons. The van der Waals surface area contributed by atoms with Gasteiger partial charge in [-0.05, 0) is 22.5 Å². The van der Waals surface area contributed by atoms with Crippen LogP contribution in [0.25, 0.3) is 5.65 Å². The van der Waals surface area contributed by atoms with Crippen molar-refractivity contribution in [2.24, 2.45) is 5.16 Å². The summed E-state index contributed by atoms with van der Waals surface area (Å²) in [6.07, 6.45) is 3.44. The lowest BCUT2D eigenvalue weighted by Gasteiger charge is -2.50. The molecule has 2 atom stereocenters. The van der Waals surface area contributed by atoms with Crippen LogP contribution in [0.15, 0.2) is 39.9 Å². The van der Waals surface area contributed by atoms with E-state index >= 15 is 0 Å². The van der Waals surface area contributed by atoms with Gasteiger partial charge < -0.3 is 25.8 Å². The van der Waals surface area contributed by atoms with Gasteiger partial charge in [0.25, 0.3) is 11.8 Å². The molecule has 0 aliphatic carbocycles. The zero-order chi connectivity index (χ0) is 26.3. The number of nitrogens with two attached hydrogens (primary N) is 1. The first-order chi connectivity index (χ1) is 17.8. The lowest BCUT2D eigenvalue weighted by Crippen LogP contribution is -2.71. The van der Waals surface area contributed by atoms with E-state index in [2.05, 4.69) is 30.0 Å². The second kappa shape index (κ2) is 9.94. The van der Waals surface area contributed by atoms with E-state index in [0.29, 0.717) is 11.2 Å². The van der Waals surface area contributed by atoms with Crippen molar-refractivity contribution in [3.63, 3.8) is 0 Å². The SMILES string of the molecule is CO/N=C(\C(=O)NC1C(=O)N2C(C(=O)[O-])=C(Cn3cn[n+]4nc(SC)ccc34)CS[C@H]12)c1nsc(N)n1. The summed E-state index contributed by atoms with van der Waals surface area (Å²) in [5, 5.41) is 27.2. The summed E-state index contributed by atoms with van der Waals surface area (Å²) in [4.78, 5) is 47.7. The molecule has 18 heteroatoms. The molecule has 5 heterocycles. The Morgan fingerprint density at radius 2 is 2.24 bits per heavy atom. The van der Waals surface area contributed by atoms with E-state index in [-0.39, 0.29) is 34.7 Å². The normalized spacial score (nSPS) is 19.6. The Labute approximate surface area is 220 Å². The summed E-state index contributed by atoms with van der Waals surface area (Å²) >= 11 is 3.66. The number of nitrogen functional groups attached to an aromatic ring is 1. The van der Waals surface area contributed by atoms with Crippen LogP contribution in [0.1, 0.15) is 5.82 Å². The van der Waals surface area contributed by atoms with Gasteiger partial charge in [0, 0.05) is 33.6 Å². The van der Waals surface area contributed by atoms with Crippen LogP contribution in [-0.2, 0) is 25.8 Å². The van der Waals surface area contributed by atoms with Crippen molar-refractivity contribution in [3.05, 3.63) is 35.6 Å². The Morgan fingerprint density at radius 1 is 1.43 bits per heavy atom. The number of hydrogen-bond donors (Lipinski definition) is 2. The fourth-order valence-corrected chi connectivity index (χ4v) is 6.04. The van der Waals surface area contributed by atoms with E-state index in [9.17, 15) is 19.5 Å². The number of anilines is 1. The van der Waals surface area contributed by atoms with Crippen LogP contribution in [0.4, 0.5) is 5.13 Å². The number of nitrogens with one attached hydrogen (secondary N) is 1. The number of amides is 2. The quantitative estimate of drug-likeness (QED) is 0.0974. The van der Waals surface area contributed by atoms with E-state index in [0.717, 1.165) is 21.5 Å². The number of carboxylic acids is 1. The van der Waals surface area contributed by atoms with E-state index in [4.69, 9.17) is 10.6 Å². The number of thioether (sulfide) groups is 2. The summed E-state index contributed by atoms with van der Waals surface area (Å²) in [7, 11) is 1.24. The van der Waals surface area contributed by atoms with Crippen LogP contribution >= 0.6 is 35.1 Å². The molecule has 2 aliphatic heterocycles. The highest BCUT2D eigenvalue weighted by Gasteiger charge is 2.53. The minimum atomic E-state index is -1.48. The fourth-order valence-electron chi connectivity index (χ4n) is 3.90. The average molecular weight is 563 g/mol. The van der Waals surface area contributed by atoms with Gasteiger partial charge in [-0.3, -0.25) is 14.5 Å². The molecule has 2 amide bonds. The number of fused-ring (bicyclic) bond motifs is 2. The molecule has 0 spiro atoms. The molecule has 1 unspecified atom stereocenters. The van der Waals surface area contributed by atoms with Gasteiger partial charge in [0.05, 0.1) is 11.7 Å². The third-order valence-corrected chi connectivity index (χ3v) is 8.03. The summed E-state index contributed by atoms with van der Waals surface area (Å²) in [5.74, 6) is -2.61. The van der Waals surface area contributed by atoms with Crippen molar-refractivity contribution in [3.8, 4) is 0 Å². The lowest BCUT2D eigenvalue weighted by molar-refractivity contribution is -0.645. The monoisotopic (exact) mass is 562 g/mol. The van der Waals surface area contributed by atoms with Crippen molar-refractivity contribution < 1.29 is 29.0 Å². The molecular weight excluding hydrogens is 544 g/mol. The predicted molar refractivity (Wildman–Crippen MR) is 130 cm³/mol. The molecule has 1 fully saturated rings. The molecule has 192 valence electrons. The highest BCUT2D eigenvalue weighted by Crippen LogP contribution is 2.40. The third-order valence-electron chi connectivity index (χ3n) is 5.52. The maximum Gasteiger partial charge on any atom is 0.331 e. The maximum atomic E-state index is 13.0. The molecule has 0 aromatic carbocycles. The number of rotatable bonds is 8. The predicted octanol–water partition coefficient (Wildman–Crippen LogP) is -2.37. The molecule has 2 aliphatic rings. The van der Waals surface area contributed by atoms with Gasteiger partial charge in [-0.25, -0.2) is 4.57 Å². The van der Waals surface area contributed by atoms with Gasteiger partial charge in [-0.15, -0.1) is 23.5 Å². The summed E-state index contributed by atoms with van der Waals surface area (Å²) in [6.45, 7) is 0.162. The molecule has 0 saturated carbocycles. The Morgan fingerprint density at radius 3 is 2.92 bits per heavy atom. The van der Waals surface area contributed by atoms with Crippen molar-refractivity contribution in [1.82, 2.24) is 34.3 Å². The molecular formula is C19H18N10O5S3. The largest absolute Gasteiger partial charge is 0.543 e. The third kappa shape index (κ3) is 4.46. The number of carbonyl (C=O) groups excluding carboxylic acids is 3. The number of β-lactam (4-membered cyclic amide) rings is 1. The second-order valence-electron chi connectivity index (χ2n) is 7.66. The highest BCUT2D eigenvalue weighted by molar-refractivity contribution is 8.00. The Bertz CT molecular complexity index is 1480. The summed E-state index contributed by atoms with van der Waals surface area (Å²) in [5.41, 5.74) is 6.22. The number of oxime groups is 1. The smallest absolute Gasteiger partial charge is 0.331 e. The molecule has 3 N–H and O–H groups in total. The van der Waals surface area contributed by atoms with Gasteiger partial charge in [0.1, 0.15) is 30.1 Å².